The summed E-state index contributed by atoms with van der Waals surface area (Å²) in [6.45, 7) is 7.72. The first kappa shape index (κ1) is 13.8. The molecular weight excluding hydrogens is 208 g/mol. The normalized spacial score (nSPS) is 13.1. The van der Waals surface area contributed by atoms with Crippen LogP contribution in [0.25, 0.3) is 0 Å². The minimum atomic E-state index is 0.139. The van der Waals surface area contributed by atoms with E-state index in [2.05, 4.69) is 56.3 Å². The third-order valence-corrected chi connectivity index (χ3v) is 2.87. The number of hydrogen-bond acceptors (Lipinski definition) is 2. The summed E-state index contributed by atoms with van der Waals surface area (Å²) >= 11 is 0. The molecule has 1 unspecified atom stereocenters. The molecule has 0 aromatic heterocycles. The second-order valence-corrected chi connectivity index (χ2v) is 5.25. The van der Waals surface area contributed by atoms with E-state index >= 15 is 0 Å². The van der Waals surface area contributed by atoms with Crippen molar-refractivity contribution in [3.8, 4) is 12.3 Å². The Balaban J connectivity index is 2.82. The van der Waals surface area contributed by atoms with Gasteiger partial charge in [0.2, 0.25) is 0 Å². The molecule has 1 aromatic rings. The molecular formula is C15H22N2. The Bertz CT molecular complexity index is 379. The molecule has 1 aromatic carbocycles. The third kappa shape index (κ3) is 3.89. The van der Waals surface area contributed by atoms with Crippen LogP contribution in [0.15, 0.2) is 24.3 Å². The molecule has 0 saturated carbocycles. The fourth-order valence-corrected chi connectivity index (χ4v) is 1.73. The number of nitrogens with one attached hydrogen (secondary N) is 1. The summed E-state index contributed by atoms with van der Waals surface area (Å²) in [7, 11) is 0. The highest BCUT2D eigenvalue weighted by molar-refractivity contribution is 5.29. The van der Waals surface area contributed by atoms with Crippen molar-refractivity contribution in [3.05, 3.63) is 35.4 Å². The van der Waals surface area contributed by atoms with Crippen LogP contribution in [0, 0.1) is 12.3 Å². The van der Waals surface area contributed by atoms with Gasteiger partial charge in [-0.25, -0.2) is 0 Å². The minimum absolute atomic E-state index is 0.139. The maximum atomic E-state index is 5.74. The number of rotatable bonds is 4. The summed E-state index contributed by atoms with van der Waals surface area (Å²) in [5.74, 6) is 2.57. The summed E-state index contributed by atoms with van der Waals surface area (Å²) in [6, 6.07) is 8.72. The molecule has 0 aliphatic heterocycles. The first-order chi connectivity index (χ1) is 7.99. The Morgan fingerprint density at radius 3 is 2.29 bits per heavy atom. The van der Waals surface area contributed by atoms with Crippen molar-refractivity contribution in [2.75, 3.05) is 13.1 Å². The lowest BCUT2D eigenvalue weighted by Crippen LogP contribution is -2.28. The Hall–Kier alpha value is -1.30. The van der Waals surface area contributed by atoms with Gasteiger partial charge in [0.25, 0.3) is 0 Å². The third-order valence-electron chi connectivity index (χ3n) is 2.87. The zero-order chi connectivity index (χ0) is 12.9. The van der Waals surface area contributed by atoms with E-state index in [1.165, 1.54) is 11.1 Å². The first-order valence-electron chi connectivity index (χ1n) is 5.96. The second-order valence-electron chi connectivity index (χ2n) is 5.25. The molecule has 3 N–H and O–H groups in total. The number of nitrogens with two attached hydrogens (primary N) is 1. The summed E-state index contributed by atoms with van der Waals surface area (Å²) in [5.41, 5.74) is 8.44. The van der Waals surface area contributed by atoms with Crippen molar-refractivity contribution >= 4 is 0 Å². The van der Waals surface area contributed by atoms with Crippen molar-refractivity contribution in [1.29, 1.82) is 0 Å². The van der Waals surface area contributed by atoms with Gasteiger partial charge in [-0.2, -0.15) is 0 Å². The molecule has 0 spiro atoms. The maximum Gasteiger partial charge on any atom is 0.0578 e. The van der Waals surface area contributed by atoms with Crippen LogP contribution < -0.4 is 11.1 Å². The average Bonchev–Trinajstić information content (AvgIpc) is 2.29. The molecule has 92 valence electrons. The quantitative estimate of drug-likeness (QED) is 0.778. The Morgan fingerprint density at radius 1 is 1.29 bits per heavy atom. The van der Waals surface area contributed by atoms with Gasteiger partial charge in [-0.1, -0.05) is 51.0 Å². The predicted molar refractivity (Wildman–Crippen MR) is 73.8 cm³/mol. The smallest absolute Gasteiger partial charge is 0.0578 e. The van der Waals surface area contributed by atoms with Crippen LogP contribution in [0.5, 0.6) is 0 Å². The molecule has 0 aliphatic rings. The molecule has 2 nitrogen and oxygen atoms in total. The van der Waals surface area contributed by atoms with E-state index in [9.17, 15) is 0 Å². The first-order valence-corrected chi connectivity index (χ1v) is 5.96. The number of benzene rings is 1. The van der Waals surface area contributed by atoms with E-state index in [0.29, 0.717) is 13.1 Å². The van der Waals surface area contributed by atoms with E-state index < -0.39 is 0 Å². The van der Waals surface area contributed by atoms with Crippen LogP contribution in [0.1, 0.15) is 37.9 Å². The van der Waals surface area contributed by atoms with E-state index in [-0.39, 0.29) is 11.5 Å². The van der Waals surface area contributed by atoms with Gasteiger partial charge in [0.05, 0.1) is 6.54 Å². The van der Waals surface area contributed by atoms with Crippen molar-refractivity contribution in [2.24, 2.45) is 5.73 Å². The highest BCUT2D eigenvalue weighted by Crippen LogP contribution is 2.23. The lowest BCUT2D eigenvalue weighted by atomic mass is 9.86. The summed E-state index contributed by atoms with van der Waals surface area (Å²) in [5, 5.41) is 3.23. The zero-order valence-corrected chi connectivity index (χ0v) is 11.0. The monoisotopic (exact) mass is 230 g/mol. The minimum Gasteiger partial charge on any atom is -0.329 e. The van der Waals surface area contributed by atoms with Crippen LogP contribution in [0.3, 0.4) is 0 Å². The number of hydrogen-bond donors (Lipinski definition) is 2. The van der Waals surface area contributed by atoms with Gasteiger partial charge in [0.1, 0.15) is 0 Å². The highest BCUT2D eigenvalue weighted by Gasteiger charge is 2.14. The Labute approximate surface area is 105 Å². The average molecular weight is 230 g/mol. The number of terminal acetylenes is 1. The van der Waals surface area contributed by atoms with Gasteiger partial charge < -0.3 is 5.73 Å². The van der Waals surface area contributed by atoms with Crippen LogP contribution in [-0.2, 0) is 5.41 Å². The largest absolute Gasteiger partial charge is 0.329 e. The van der Waals surface area contributed by atoms with Crippen molar-refractivity contribution in [3.63, 3.8) is 0 Å². The molecule has 2 heteroatoms. The SMILES string of the molecule is C#CCNC(CN)c1ccc(C(C)(C)C)cc1. The van der Waals surface area contributed by atoms with Gasteiger partial charge in [-0.15, -0.1) is 6.42 Å². The molecule has 1 rings (SSSR count). The van der Waals surface area contributed by atoms with Crippen molar-refractivity contribution in [1.82, 2.24) is 5.32 Å². The molecule has 0 amide bonds. The Morgan fingerprint density at radius 2 is 1.88 bits per heavy atom. The van der Waals surface area contributed by atoms with Gasteiger partial charge in [-0.3, -0.25) is 5.32 Å². The van der Waals surface area contributed by atoms with Crippen molar-refractivity contribution < 1.29 is 0 Å². The van der Waals surface area contributed by atoms with E-state index in [4.69, 9.17) is 12.2 Å². The van der Waals surface area contributed by atoms with Crippen molar-refractivity contribution in [2.45, 2.75) is 32.2 Å². The Kier molecular flexibility index (Phi) is 4.74. The molecule has 0 aliphatic carbocycles. The fourth-order valence-electron chi connectivity index (χ4n) is 1.73. The predicted octanol–water partition coefficient (Wildman–Crippen LogP) is 2.21. The second kappa shape index (κ2) is 5.86. The van der Waals surface area contributed by atoms with Crippen LogP contribution in [-0.4, -0.2) is 13.1 Å². The standard InChI is InChI=1S/C15H22N2/c1-5-10-17-14(11-16)12-6-8-13(9-7-12)15(2,3)4/h1,6-9,14,17H,10-11,16H2,2-4H3. The summed E-state index contributed by atoms with van der Waals surface area (Å²) in [4.78, 5) is 0. The van der Waals surface area contributed by atoms with Gasteiger partial charge in [-0.05, 0) is 16.5 Å². The van der Waals surface area contributed by atoms with E-state index in [1.807, 2.05) is 0 Å². The maximum absolute atomic E-state index is 5.74. The molecule has 17 heavy (non-hydrogen) atoms. The lowest BCUT2D eigenvalue weighted by Gasteiger charge is -2.21. The molecule has 0 saturated heterocycles. The van der Waals surface area contributed by atoms with Crippen LogP contribution >= 0.6 is 0 Å². The molecule has 0 heterocycles. The van der Waals surface area contributed by atoms with Gasteiger partial charge in [0.15, 0.2) is 0 Å². The molecule has 1 atom stereocenters. The lowest BCUT2D eigenvalue weighted by molar-refractivity contribution is 0.574. The zero-order valence-electron chi connectivity index (χ0n) is 11.0. The van der Waals surface area contributed by atoms with Crippen LogP contribution in [0.2, 0.25) is 0 Å². The van der Waals surface area contributed by atoms with Gasteiger partial charge in [0, 0.05) is 12.6 Å². The highest BCUT2D eigenvalue weighted by atomic mass is 14.9. The van der Waals surface area contributed by atoms with Gasteiger partial charge >= 0.3 is 0 Å². The summed E-state index contributed by atoms with van der Waals surface area (Å²) in [6.07, 6.45) is 5.24. The van der Waals surface area contributed by atoms with E-state index in [0.717, 1.165) is 0 Å². The van der Waals surface area contributed by atoms with Crippen LogP contribution in [0.4, 0.5) is 0 Å². The summed E-state index contributed by atoms with van der Waals surface area (Å²) < 4.78 is 0. The molecule has 0 fully saturated rings. The van der Waals surface area contributed by atoms with E-state index in [1.54, 1.807) is 0 Å². The fraction of sp³-hybridized carbons (Fsp3) is 0.467. The molecule has 0 radical (unpaired) electrons. The molecule has 0 bridgehead atoms. The topological polar surface area (TPSA) is 38.0 Å².